The lowest BCUT2D eigenvalue weighted by Gasteiger charge is -2.24. The maximum absolute atomic E-state index is 11.6. The first kappa shape index (κ1) is 32.6. The molecule has 48 heavy (non-hydrogen) atoms. The summed E-state index contributed by atoms with van der Waals surface area (Å²) in [7, 11) is 0. The van der Waals surface area contributed by atoms with E-state index in [1.807, 2.05) is 80.3 Å². The van der Waals surface area contributed by atoms with Crippen molar-refractivity contribution in [3.05, 3.63) is 138 Å². The van der Waals surface area contributed by atoms with Crippen molar-refractivity contribution in [3.8, 4) is 11.1 Å². The molecule has 0 spiro atoms. The van der Waals surface area contributed by atoms with Gasteiger partial charge >= 0.3 is 0 Å². The summed E-state index contributed by atoms with van der Waals surface area (Å²) in [5.41, 5.74) is 5.52. The van der Waals surface area contributed by atoms with Crippen LogP contribution in [0.2, 0.25) is 10.3 Å². The number of benzene rings is 2. The zero-order valence-electron chi connectivity index (χ0n) is 25.6. The molecular weight excluding hydrogens is 659 g/mol. The Morgan fingerprint density at radius 3 is 1.31 bits per heavy atom. The number of aromatic nitrogens is 2. The van der Waals surface area contributed by atoms with E-state index in [1.54, 1.807) is 24.5 Å². The number of nitro groups is 2. The number of nitrogens with zero attached hydrogens (tertiary/aromatic N) is 10. The summed E-state index contributed by atoms with van der Waals surface area (Å²) in [5.74, 6) is 0.540. The molecule has 0 N–H and O–H groups in total. The highest BCUT2D eigenvalue weighted by molar-refractivity contribution is 6.29. The minimum Gasteiger partial charge on any atom is -0.331 e. The van der Waals surface area contributed by atoms with Crippen LogP contribution in [0.3, 0.4) is 0 Å². The summed E-state index contributed by atoms with van der Waals surface area (Å²) >= 11 is 11.9. The molecule has 0 saturated carbocycles. The quantitative estimate of drug-likeness (QED) is 0.117. The maximum atomic E-state index is 11.6. The van der Waals surface area contributed by atoms with Crippen molar-refractivity contribution in [2.24, 2.45) is 10.2 Å². The van der Waals surface area contributed by atoms with Crippen molar-refractivity contribution < 1.29 is 10.1 Å². The smallest absolute Gasteiger partial charge is 0.274 e. The molecule has 2 fully saturated rings. The molecule has 4 aromatic rings. The minimum absolute atomic E-state index is 0.270. The maximum Gasteiger partial charge on any atom is 0.274 e. The van der Waals surface area contributed by atoms with Gasteiger partial charge in [0.1, 0.15) is 20.5 Å². The van der Waals surface area contributed by atoms with Crippen LogP contribution < -0.4 is 0 Å². The summed E-state index contributed by atoms with van der Waals surface area (Å²) in [5, 5.41) is 30.1. The summed E-state index contributed by atoms with van der Waals surface area (Å²) in [4.78, 5) is 39.0. The summed E-state index contributed by atoms with van der Waals surface area (Å²) in [6.07, 6.45) is 3.30. The summed E-state index contributed by atoms with van der Waals surface area (Å²) in [6, 6.07) is 22.8. The molecule has 4 heterocycles. The topological polar surface area (TPSA) is 150 Å². The average Bonchev–Trinajstić information content (AvgIpc) is 3.61. The Balaban J connectivity index is 1.24. The molecule has 0 atom stereocenters. The Bertz CT molecular complexity index is 1720. The fraction of sp³-hybridized carbons (Fsp3) is 0.250. The highest BCUT2D eigenvalue weighted by Crippen LogP contribution is 2.31. The SMILES string of the molecule is O=[N+]([O-])/N=C1\N(Cc2ccc(Cl)nc2)CCN1Cc1ccccc1-c1ccccc1CN1CCN(Cc2ccc(Cl)nc2)/C1=N\[N+](=O)[O-]. The second kappa shape index (κ2) is 14.6. The Morgan fingerprint density at radius 2 is 0.958 bits per heavy atom. The van der Waals surface area contributed by atoms with E-state index in [0.717, 1.165) is 33.4 Å². The van der Waals surface area contributed by atoms with Crippen LogP contribution in [0.4, 0.5) is 0 Å². The van der Waals surface area contributed by atoms with Gasteiger partial charge in [-0.1, -0.05) is 83.9 Å². The lowest BCUT2D eigenvalue weighted by atomic mass is 9.95. The van der Waals surface area contributed by atoms with Gasteiger partial charge in [0.15, 0.2) is 10.1 Å². The molecule has 0 aliphatic carbocycles. The number of hydrogen-bond acceptors (Lipinski definition) is 6. The van der Waals surface area contributed by atoms with Gasteiger partial charge in [-0.15, -0.1) is 0 Å². The number of guanidine groups is 2. The van der Waals surface area contributed by atoms with Gasteiger partial charge in [0.05, 0.1) is 0 Å². The standard InChI is InChI=1S/C32H30Cl2N10O4/c33-29-11-9-23(17-35-29)19-39-13-15-41(31(39)37-43(45)46)21-25-5-1-3-7-27(25)28-8-4-2-6-26(28)22-42-16-14-40(32(42)38-44(47)48)20-24-10-12-30(34)36-18-24/h1-12,17-18H,13-16,19-22H2/b37-31+,38-32+. The van der Waals surface area contributed by atoms with Gasteiger partial charge in [0, 0.05) is 64.8 Å². The van der Waals surface area contributed by atoms with Crippen LogP contribution in [0.5, 0.6) is 0 Å². The molecule has 246 valence electrons. The van der Waals surface area contributed by atoms with Crippen LogP contribution in [0, 0.1) is 20.2 Å². The molecule has 2 aliphatic heterocycles. The lowest BCUT2D eigenvalue weighted by molar-refractivity contribution is -0.486. The second-order valence-corrected chi connectivity index (χ2v) is 12.0. The predicted molar refractivity (Wildman–Crippen MR) is 181 cm³/mol. The first-order valence-electron chi connectivity index (χ1n) is 15.1. The highest BCUT2D eigenvalue weighted by Gasteiger charge is 2.32. The number of pyridine rings is 2. The summed E-state index contributed by atoms with van der Waals surface area (Å²) < 4.78 is 0. The van der Waals surface area contributed by atoms with E-state index >= 15 is 0 Å². The first-order valence-corrected chi connectivity index (χ1v) is 15.8. The van der Waals surface area contributed by atoms with E-state index in [2.05, 4.69) is 20.2 Å². The Hall–Kier alpha value is -5.34. The predicted octanol–water partition coefficient (Wildman–Crippen LogP) is 5.18. The van der Waals surface area contributed by atoms with E-state index < -0.39 is 10.1 Å². The third kappa shape index (κ3) is 7.78. The molecule has 0 bridgehead atoms. The van der Waals surface area contributed by atoms with Gasteiger partial charge in [-0.2, -0.15) is 0 Å². The van der Waals surface area contributed by atoms with Crippen LogP contribution in [0.15, 0.2) is 95.4 Å². The van der Waals surface area contributed by atoms with Gasteiger partial charge < -0.3 is 19.6 Å². The van der Waals surface area contributed by atoms with E-state index in [-0.39, 0.29) is 11.9 Å². The van der Waals surface area contributed by atoms with E-state index in [4.69, 9.17) is 23.2 Å². The van der Waals surface area contributed by atoms with E-state index in [1.165, 1.54) is 0 Å². The zero-order chi connectivity index (χ0) is 33.6. The van der Waals surface area contributed by atoms with Crippen molar-refractivity contribution in [2.75, 3.05) is 26.2 Å². The third-order valence-corrected chi connectivity index (χ3v) is 8.57. The van der Waals surface area contributed by atoms with E-state index in [0.29, 0.717) is 62.7 Å². The van der Waals surface area contributed by atoms with Gasteiger partial charge in [0.25, 0.3) is 11.9 Å². The lowest BCUT2D eigenvalue weighted by Crippen LogP contribution is -2.34. The molecule has 2 aliphatic rings. The average molecular weight is 690 g/mol. The Morgan fingerprint density at radius 1 is 0.583 bits per heavy atom. The van der Waals surface area contributed by atoms with E-state index in [9.17, 15) is 20.2 Å². The van der Waals surface area contributed by atoms with Crippen molar-refractivity contribution in [2.45, 2.75) is 26.2 Å². The van der Waals surface area contributed by atoms with Crippen molar-refractivity contribution >= 4 is 35.1 Å². The Labute approximate surface area is 285 Å². The number of hydrogen-bond donors (Lipinski definition) is 0. The van der Waals surface area contributed by atoms with Gasteiger partial charge in [-0.25, -0.2) is 30.2 Å². The molecule has 2 aromatic carbocycles. The van der Waals surface area contributed by atoms with Crippen molar-refractivity contribution in [1.29, 1.82) is 0 Å². The van der Waals surface area contributed by atoms with Gasteiger partial charge in [-0.05, 0) is 45.5 Å². The summed E-state index contributed by atoms with van der Waals surface area (Å²) in [6.45, 7) is 3.73. The number of hydrazone groups is 2. The number of halogens is 2. The molecule has 0 radical (unpaired) electrons. The highest BCUT2D eigenvalue weighted by atomic mass is 35.5. The Kier molecular flexibility index (Phi) is 9.92. The van der Waals surface area contributed by atoms with Crippen LogP contribution >= 0.6 is 23.2 Å². The molecule has 16 heteroatoms. The molecule has 6 rings (SSSR count). The van der Waals surface area contributed by atoms with Crippen LogP contribution in [0.1, 0.15) is 22.3 Å². The fourth-order valence-corrected chi connectivity index (χ4v) is 6.20. The molecule has 0 unspecified atom stereocenters. The van der Waals surface area contributed by atoms with Crippen LogP contribution in [0.25, 0.3) is 11.1 Å². The third-order valence-electron chi connectivity index (χ3n) is 8.12. The van der Waals surface area contributed by atoms with Gasteiger partial charge in [-0.3, -0.25) is 0 Å². The number of rotatable bonds is 11. The molecule has 2 aromatic heterocycles. The molecule has 14 nitrogen and oxygen atoms in total. The van der Waals surface area contributed by atoms with Crippen LogP contribution in [-0.2, 0) is 26.2 Å². The minimum atomic E-state index is -0.672. The van der Waals surface area contributed by atoms with Gasteiger partial charge in [0.2, 0.25) is 0 Å². The molecule has 0 amide bonds. The fourth-order valence-electron chi connectivity index (χ4n) is 5.97. The first-order chi connectivity index (χ1) is 23.2. The van der Waals surface area contributed by atoms with Crippen molar-refractivity contribution in [1.82, 2.24) is 29.6 Å². The molecule has 2 saturated heterocycles. The zero-order valence-corrected chi connectivity index (χ0v) is 27.1. The second-order valence-electron chi connectivity index (χ2n) is 11.3. The largest absolute Gasteiger partial charge is 0.331 e. The molecular formula is C32H30Cl2N10O4. The van der Waals surface area contributed by atoms with Crippen LogP contribution in [-0.4, -0.2) is 77.7 Å². The van der Waals surface area contributed by atoms with Crippen molar-refractivity contribution in [3.63, 3.8) is 0 Å². The monoisotopic (exact) mass is 688 g/mol. The normalized spacial score (nSPS) is 16.4.